The van der Waals surface area contributed by atoms with Gasteiger partial charge in [-0.05, 0) is 27.2 Å². The van der Waals surface area contributed by atoms with Crippen molar-refractivity contribution in [3.8, 4) is 0 Å². The fourth-order valence-corrected chi connectivity index (χ4v) is 2.40. The van der Waals surface area contributed by atoms with E-state index in [0.29, 0.717) is 19.5 Å². The Bertz CT molecular complexity index is 348. The maximum Gasteiger partial charge on any atom is 0.410 e. The predicted molar refractivity (Wildman–Crippen MR) is 62.2 cm³/mol. The number of carbonyl (C=O) groups is 2. The van der Waals surface area contributed by atoms with E-state index in [2.05, 4.69) is 0 Å². The smallest absolute Gasteiger partial charge is 0.410 e. The van der Waals surface area contributed by atoms with E-state index in [1.165, 1.54) is 0 Å². The van der Waals surface area contributed by atoms with E-state index in [1.807, 2.05) is 20.8 Å². The van der Waals surface area contributed by atoms with Crippen LogP contribution in [0.15, 0.2) is 0 Å². The van der Waals surface area contributed by atoms with E-state index in [9.17, 15) is 9.59 Å². The molecule has 3 unspecified atom stereocenters. The van der Waals surface area contributed by atoms with Gasteiger partial charge < -0.3 is 19.5 Å². The number of ether oxygens (including phenoxy) is 2. The lowest BCUT2D eigenvalue weighted by atomic mass is 10.0. The Labute approximate surface area is 106 Å². The van der Waals surface area contributed by atoms with Crippen molar-refractivity contribution in [2.24, 2.45) is 5.92 Å². The molecule has 2 rings (SSSR count). The quantitative estimate of drug-likeness (QED) is 0.761. The van der Waals surface area contributed by atoms with Crippen LogP contribution in [0.2, 0.25) is 0 Å². The molecular formula is C12H19NO5. The van der Waals surface area contributed by atoms with Crippen LogP contribution in [0.1, 0.15) is 27.2 Å². The summed E-state index contributed by atoms with van der Waals surface area (Å²) in [4.78, 5) is 24.2. The first-order chi connectivity index (χ1) is 8.26. The number of carbonyl (C=O) groups excluding carboxylic acids is 1. The Kier molecular flexibility index (Phi) is 3.23. The van der Waals surface area contributed by atoms with E-state index in [4.69, 9.17) is 14.6 Å². The lowest BCUT2D eigenvalue weighted by Crippen LogP contribution is -2.37. The SMILES string of the molecule is CC(C)(C)OC(=O)N1CC2CC(C(=O)O)OC2C1. The number of hydrogen-bond donors (Lipinski definition) is 1. The largest absolute Gasteiger partial charge is 0.479 e. The number of fused-ring (bicyclic) bond motifs is 1. The zero-order chi connectivity index (χ0) is 13.5. The minimum Gasteiger partial charge on any atom is -0.479 e. The van der Waals surface area contributed by atoms with Gasteiger partial charge in [0, 0.05) is 12.5 Å². The summed E-state index contributed by atoms with van der Waals surface area (Å²) in [5.74, 6) is -0.813. The first-order valence-corrected chi connectivity index (χ1v) is 6.12. The summed E-state index contributed by atoms with van der Waals surface area (Å²) in [6, 6.07) is 0. The molecule has 3 atom stereocenters. The summed E-state index contributed by atoms with van der Waals surface area (Å²) in [7, 11) is 0. The molecule has 102 valence electrons. The van der Waals surface area contributed by atoms with Crippen molar-refractivity contribution in [1.82, 2.24) is 4.90 Å². The molecule has 0 spiro atoms. The second-order valence-electron chi connectivity index (χ2n) is 5.88. The summed E-state index contributed by atoms with van der Waals surface area (Å²) < 4.78 is 10.7. The van der Waals surface area contributed by atoms with Crippen molar-refractivity contribution in [2.45, 2.75) is 45.0 Å². The zero-order valence-corrected chi connectivity index (χ0v) is 10.9. The van der Waals surface area contributed by atoms with Gasteiger partial charge >= 0.3 is 12.1 Å². The molecule has 1 amide bonds. The summed E-state index contributed by atoms with van der Waals surface area (Å²) in [5, 5.41) is 8.87. The lowest BCUT2D eigenvalue weighted by molar-refractivity contribution is -0.149. The van der Waals surface area contributed by atoms with Gasteiger partial charge in [0.15, 0.2) is 6.10 Å². The maximum atomic E-state index is 11.8. The maximum absolute atomic E-state index is 11.8. The Morgan fingerprint density at radius 3 is 2.50 bits per heavy atom. The third-order valence-electron chi connectivity index (χ3n) is 3.16. The topological polar surface area (TPSA) is 76.1 Å². The standard InChI is InChI=1S/C12H19NO5/c1-12(2,3)18-11(16)13-5-7-4-8(10(14)15)17-9(7)6-13/h7-9H,4-6H2,1-3H3,(H,14,15). The lowest BCUT2D eigenvalue weighted by Gasteiger charge is -2.25. The third-order valence-corrected chi connectivity index (χ3v) is 3.16. The molecule has 2 heterocycles. The van der Waals surface area contributed by atoms with Gasteiger partial charge in [0.2, 0.25) is 0 Å². The van der Waals surface area contributed by atoms with Gasteiger partial charge in [-0.3, -0.25) is 0 Å². The first kappa shape index (κ1) is 13.1. The van der Waals surface area contributed by atoms with Crippen LogP contribution in [0.4, 0.5) is 4.79 Å². The van der Waals surface area contributed by atoms with Gasteiger partial charge in [-0.1, -0.05) is 0 Å². The van der Waals surface area contributed by atoms with E-state index in [-0.39, 0.29) is 18.1 Å². The molecule has 6 heteroatoms. The van der Waals surface area contributed by atoms with Gasteiger partial charge in [-0.15, -0.1) is 0 Å². The number of likely N-dealkylation sites (tertiary alicyclic amines) is 1. The van der Waals surface area contributed by atoms with E-state index >= 15 is 0 Å². The summed E-state index contributed by atoms with van der Waals surface area (Å²) >= 11 is 0. The molecule has 2 fully saturated rings. The fraction of sp³-hybridized carbons (Fsp3) is 0.833. The van der Waals surface area contributed by atoms with Gasteiger partial charge in [0.25, 0.3) is 0 Å². The van der Waals surface area contributed by atoms with Gasteiger partial charge in [0.05, 0.1) is 12.6 Å². The van der Waals surface area contributed by atoms with Crippen LogP contribution >= 0.6 is 0 Å². The highest BCUT2D eigenvalue weighted by Gasteiger charge is 2.46. The van der Waals surface area contributed by atoms with Gasteiger partial charge in [0.1, 0.15) is 5.60 Å². The van der Waals surface area contributed by atoms with Gasteiger partial charge in [-0.2, -0.15) is 0 Å². The summed E-state index contributed by atoms with van der Waals surface area (Å²) in [6.45, 7) is 6.39. The number of aliphatic carboxylic acids is 1. The van der Waals surface area contributed by atoms with Crippen LogP contribution in [-0.2, 0) is 14.3 Å². The van der Waals surface area contributed by atoms with Crippen LogP contribution in [-0.4, -0.2) is 53.0 Å². The molecule has 0 bridgehead atoms. The molecule has 18 heavy (non-hydrogen) atoms. The Balaban J connectivity index is 1.89. The van der Waals surface area contributed by atoms with Crippen molar-refractivity contribution in [3.63, 3.8) is 0 Å². The number of rotatable bonds is 1. The molecule has 0 aromatic carbocycles. The number of carboxylic acids is 1. The number of nitrogens with zero attached hydrogens (tertiary/aromatic N) is 1. The van der Waals surface area contributed by atoms with Gasteiger partial charge in [-0.25, -0.2) is 9.59 Å². The minimum absolute atomic E-state index is 0.110. The van der Waals surface area contributed by atoms with E-state index in [0.717, 1.165) is 0 Å². The zero-order valence-electron chi connectivity index (χ0n) is 10.9. The molecule has 2 aliphatic heterocycles. The molecule has 2 aliphatic rings. The second kappa shape index (κ2) is 4.42. The molecule has 1 N–H and O–H groups in total. The van der Waals surface area contributed by atoms with E-state index in [1.54, 1.807) is 4.90 Å². The van der Waals surface area contributed by atoms with Crippen LogP contribution in [0.25, 0.3) is 0 Å². The average Bonchev–Trinajstić information content (AvgIpc) is 2.69. The van der Waals surface area contributed by atoms with Crippen LogP contribution in [0.3, 0.4) is 0 Å². The van der Waals surface area contributed by atoms with Crippen molar-refractivity contribution in [2.75, 3.05) is 13.1 Å². The van der Waals surface area contributed by atoms with Crippen LogP contribution < -0.4 is 0 Å². The summed E-state index contributed by atoms with van der Waals surface area (Å²) in [5.41, 5.74) is -0.515. The normalized spacial score (nSPS) is 31.3. The van der Waals surface area contributed by atoms with E-state index < -0.39 is 17.7 Å². The van der Waals surface area contributed by atoms with Crippen molar-refractivity contribution in [1.29, 1.82) is 0 Å². The highest BCUT2D eigenvalue weighted by Crippen LogP contribution is 2.33. The van der Waals surface area contributed by atoms with Crippen molar-refractivity contribution >= 4 is 12.1 Å². The molecule has 6 nitrogen and oxygen atoms in total. The summed E-state index contributed by atoms with van der Waals surface area (Å²) in [6.07, 6.45) is -0.772. The Morgan fingerprint density at radius 1 is 1.33 bits per heavy atom. The number of carboxylic acid groups (broad SMARTS) is 1. The molecule has 0 aromatic rings. The highest BCUT2D eigenvalue weighted by molar-refractivity contribution is 5.73. The first-order valence-electron chi connectivity index (χ1n) is 6.12. The Hall–Kier alpha value is -1.30. The minimum atomic E-state index is -0.923. The monoisotopic (exact) mass is 257 g/mol. The molecule has 0 saturated carbocycles. The van der Waals surface area contributed by atoms with Crippen molar-refractivity contribution in [3.05, 3.63) is 0 Å². The third kappa shape index (κ3) is 2.75. The number of amides is 1. The molecule has 0 aromatic heterocycles. The molecule has 0 aliphatic carbocycles. The predicted octanol–water partition coefficient (Wildman–Crippen LogP) is 1.10. The number of hydrogen-bond acceptors (Lipinski definition) is 4. The average molecular weight is 257 g/mol. The molecule has 2 saturated heterocycles. The highest BCUT2D eigenvalue weighted by atomic mass is 16.6. The second-order valence-corrected chi connectivity index (χ2v) is 5.88. The Morgan fingerprint density at radius 2 is 2.00 bits per heavy atom. The molecular weight excluding hydrogens is 238 g/mol. The van der Waals surface area contributed by atoms with Crippen LogP contribution in [0.5, 0.6) is 0 Å². The molecule has 0 radical (unpaired) electrons. The van der Waals surface area contributed by atoms with Crippen LogP contribution in [0, 0.1) is 5.92 Å². The van der Waals surface area contributed by atoms with Crippen molar-refractivity contribution < 1.29 is 24.2 Å². The fourth-order valence-electron chi connectivity index (χ4n) is 2.40.